The predicted octanol–water partition coefficient (Wildman–Crippen LogP) is 4.93. The third kappa shape index (κ3) is 5.65. The molecule has 0 unspecified atom stereocenters. The topological polar surface area (TPSA) is 78.9 Å². The van der Waals surface area contributed by atoms with E-state index in [2.05, 4.69) is 25.9 Å². The molecule has 0 aliphatic heterocycles. The number of benzene rings is 2. The minimum Gasteiger partial charge on any atom is -0.354 e. The number of anilines is 4. The zero-order valence-electron chi connectivity index (χ0n) is 16.1. The van der Waals surface area contributed by atoms with Crippen molar-refractivity contribution in [1.82, 2.24) is 9.97 Å². The summed E-state index contributed by atoms with van der Waals surface area (Å²) in [5, 5.41) is 9.27. The summed E-state index contributed by atoms with van der Waals surface area (Å²) in [6.07, 6.45) is -0.140. The maximum absolute atomic E-state index is 13.8. The van der Waals surface area contributed by atoms with Gasteiger partial charge in [0.25, 0.3) is 0 Å². The number of nitrogens with one attached hydrogen (secondary N) is 3. The van der Waals surface area contributed by atoms with Gasteiger partial charge >= 0.3 is 0 Å². The third-order valence-corrected chi connectivity index (χ3v) is 4.38. The molecule has 0 aliphatic rings. The van der Waals surface area contributed by atoms with E-state index in [-0.39, 0.29) is 22.9 Å². The third-order valence-electron chi connectivity index (χ3n) is 4.03. The molecule has 0 aliphatic carbocycles. The summed E-state index contributed by atoms with van der Waals surface area (Å²) in [7, 11) is 0. The number of amides is 1. The predicted molar refractivity (Wildman–Crippen MR) is 114 cm³/mol. The van der Waals surface area contributed by atoms with Gasteiger partial charge in [-0.3, -0.25) is 4.79 Å². The summed E-state index contributed by atoms with van der Waals surface area (Å²) in [6, 6.07) is 13.3. The smallest absolute Gasteiger partial charge is 0.228 e. The molecule has 29 heavy (non-hydrogen) atoms. The lowest BCUT2D eigenvalue weighted by Gasteiger charge is -2.11. The first kappa shape index (κ1) is 20.5. The minimum atomic E-state index is -0.496. The van der Waals surface area contributed by atoms with Gasteiger partial charge < -0.3 is 16.0 Å². The first-order chi connectivity index (χ1) is 13.9. The van der Waals surface area contributed by atoms with E-state index in [1.165, 1.54) is 12.1 Å². The molecule has 0 spiro atoms. The Bertz CT molecular complexity index is 990. The Morgan fingerprint density at radius 1 is 1.10 bits per heavy atom. The second kappa shape index (κ2) is 9.34. The first-order valence-electron chi connectivity index (χ1n) is 9.14. The quantitative estimate of drug-likeness (QED) is 0.511. The number of hydrogen-bond acceptors (Lipinski definition) is 5. The lowest BCUT2D eigenvalue weighted by atomic mass is 10.1. The SMILES string of the molecule is CCNc1nc(C)cc(Nc2ccc(NC(=O)Cc3c(F)cccc3Cl)cc2)n1. The van der Waals surface area contributed by atoms with Crippen LogP contribution in [0.15, 0.2) is 48.5 Å². The average Bonchev–Trinajstić information content (AvgIpc) is 2.66. The molecule has 150 valence electrons. The molecule has 3 rings (SSSR count). The molecule has 0 saturated heterocycles. The highest BCUT2D eigenvalue weighted by molar-refractivity contribution is 6.31. The molecule has 0 radical (unpaired) electrons. The van der Waals surface area contributed by atoms with Crippen LogP contribution in [0.3, 0.4) is 0 Å². The van der Waals surface area contributed by atoms with E-state index in [1.807, 2.05) is 32.0 Å². The molecule has 6 nitrogen and oxygen atoms in total. The van der Waals surface area contributed by atoms with Gasteiger partial charge in [-0.25, -0.2) is 9.37 Å². The van der Waals surface area contributed by atoms with E-state index in [0.29, 0.717) is 17.5 Å². The zero-order valence-corrected chi connectivity index (χ0v) is 16.8. The number of aryl methyl sites for hydroxylation is 1. The second-order valence-corrected chi connectivity index (χ2v) is 6.78. The molecule has 1 heterocycles. The highest BCUT2D eigenvalue weighted by Crippen LogP contribution is 2.22. The van der Waals surface area contributed by atoms with Crippen LogP contribution < -0.4 is 16.0 Å². The lowest BCUT2D eigenvalue weighted by Crippen LogP contribution is -2.15. The fourth-order valence-electron chi connectivity index (χ4n) is 2.72. The lowest BCUT2D eigenvalue weighted by molar-refractivity contribution is -0.115. The molecule has 3 N–H and O–H groups in total. The normalized spacial score (nSPS) is 10.5. The van der Waals surface area contributed by atoms with Crippen molar-refractivity contribution in [2.45, 2.75) is 20.3 Å². The standard InChI is InChI=1S/C21H21ClFN5O/c1-3-24-21-25-13(2)11-19(28-21)26-14-7-9-15(10-8-14)27-20(29)12-16-17(22)5-4-6-18(16)23/h4-11H,3,12H2,1-2H3,(H,27,29)(H2,24,25,26,28). The van der Waals surface area contributed by atoms with Crippen LogP contribution in [0.5, 0.6) is 0 Å². The van der Waals surface area contributed by atoms with Crippen molar-refractivity contribution in [3.05, 3.63) is 70.6 Å². The number of nitrogens with zero attached hydrogens (tertiary/aromatic N) is 2. The van der Waals surface area contributed by atoms with Crippen LogP contribution >= 0.6 is 11.6 Å². The van der Waals surface area contributed by atoms with Gasteiger partial charge in [0.2, 0.25) is 11.9 Å². The van der Waals surface area contributed by atoms with Gasteiger partial charge in [0.1, 0.15) is 11.6 Å². The van der Waals surface area contributed by atoms with Crippen LogP contribution in [0.1, 0.15) is 18.2 Å². The number of carbonyl (C=O) groups is 1. The Morgan fingerprint density at radius 3 is 2.52 bits per heavy atom. The highest BCUT2D eigenvalue weighted by atomic mass is 35.5. The van der Waals surface area contributed by atoms with E-state index in [4.69, 9.17) is 11.6 Å². The highest BCUT2D eigenvalue weighted by Gasteiger charge is 2.12. The molecular formula is C21H21ClFN5O. The molecule has 0 fully saturated rings. The van der Waals surface area contributed by atoms with Gasteiger partial charge in [-0.05, 0) is 50.2 Å². The number of aromatic nitrogens is 2. The van der Waals surface area contributed by atoms with Crippen LogP contribution in [0.4, 0.5) is 27.5 Å². The molecule has 0 atom stereocenters. The fourth-order valence-corrected chi connectivity index (χ4v) is 2.95. The van der Waals surface area contributed by atoms with Crippen molar-refractivity contribution in [3.8, 4) is 0 Å². The Morgan fingerprint density at radius 2 is 1.83 bits per heavy atom. The average molecular weight is 414 g/mol. The van der Waals surface area contributed by atoms with E-state index < -0.39 is 5.82 Å². The van der Waals surface area contributed by atoms with E-state index in [1.54, 1.807) is 18.2 Å². The van der Waals surface area contributed by atoms with Crippen molar-refractivity contribution in [2.75, 3.05) is 22.5 Å². The van der Waals surface area contributed by atoms with Crippen molar-refractivity contribution < 1.29 is 9.18 Å². The van der Waals surface area contributed by atoms with E-state index >= 15 is 0 Å². The molecule has 2 aromatic carbocycles. The largest absolute Gasteiger partial charge is 0.354 e. The molecule has 8 heteroatoms. The molecule has 1 amide bonds. The Kier molecular flexibility index (Phi) is 6.61. The van der Waals surface area contributed by atoms with E-state index in [9.17, 15) is 9.18 Å². The Balaban J connectivity index is 1.64. The van der Waals surface area contributed by atoms with Crippen LogP contribution in [0, 0.1) is 12.7 Å². The fraction of sp³-hybridized carbons (Fsp3) is 0.190. The van der Waals surface area contributed by atoms with Crippen LogP contribution in [-0.4, -0.2) is 22.4 Å². The van der Waals surface area contributed by atoms with Crippen molar-refractivity contribution in [2.24, 2.45) is 0 Å². The molecule has 1 aromatic heterocycles. The monoisotopic (exact) mass is 413 g/mol. The number of halogens is 2. The summed E-state index contributed by atoms with van der Waals surface area (Å²) in [6.45, 7) is 4.61. The first-order valence-corrected chi connectivity index (χ1v) is 9.51. The van der Waals surface area contributed by atoms with Gasteiger partial charge in [0.05, 0.1) is 6.42 Å². The van der Waals surface area contributed by atoms with Gasteiger partial charge in [-0.1, -0.05) is 17.7 Å². The molecule has 3 aromatic rings. The summed E-state index contributed by atoms with van der Waals surface area (Å²) < 4.78 is 13.8. The van der Waals surface area contributed by atoms with Gasteiger partial charge in [-0.15, -0.1) is 0 Å². The van der Waals surface area contributed by atoms with Crippen LogP contribution in [0.25, 0.3) is 0 Å². The Labute approximate surface area is 173 Å². The van der Waals surface area contributed by atoms with Crippen LogP contribution in [0.2, 0.25) is 5.02 Å². The molecular weight excluding hydrogens is 393 g/mol. The van der Waals surface area contributed by atoms with Gasteiger partial charge in [0.15, 0.2) is 0 Å². The number of rotatable bonds is 7. The van der Waals surface area contributed by atoms with Crippen molar-refractivity contribution >= 4 is 40.6 Å². The van der Waals surface area contributed by atoms with Gasteiger partial charge in [-0.2, -0.15) is 4.98 Å². The summed E-state index contributed by atoms with van der Waals surface area (Å²) in [5.74, 6) is 0.383. The summed E-state index contributed by atoms with van der Waals surface area (Å²) in [5.41, 5.74) is 2.43. The maximum atomic E-state index is 13.8. The summed E-state index contributed by atoms with van der Waals surface area (Å²) >= 11 is 5.97. The van der Waals surface area contributed by atoms with Gasteiger partial charge in [0, 0.05) is 40.3 Å². The zero-order chi connectivity index (χ0) is 20.8. The number of hydrogen-bond donors (Lipinski definition) is 3. The van der Waals surface area contributed by atoms with Crippen molar-refractivity contribution in [3.63, 3.8) is 0 Å². The number of carbonyl (C=O) groups excluding carboxylic acids is 1. The molecule has 0 saturated carbocycles. The summed E-state index contributed by atoms with van der Waals surface area (Å²) in [4.78, 5) is 20.9. The second-order valence-electron chi connectivity index (χ2n) is 6.38. The minimum absolute atomic E-state index is 0.140. The maximum Gasteiger partial charge on any atom is 0.228 e. The molecule has 0 bridgehead atoms. The van der Waals surface area contributed by atoms with Crippen molar-refractivity contribution in [1.29, 1.82) is 0 Å². The van der Waals surface area contributed by atoms with Crippen LogP contribution in [-0.2, 0) is 11.2 Å². The Hall–Kier alpha value is -3.19. The van der Waals surface area contributed by atoms with E-state index in [0.717, 1.165) is 17.9 Å².